The number of hydrogen-bond acceptors (Lipinski definition) is 2. The van der Waals surface area contributed by atoms with Crippen molar-refractivity contribution in [2.45, 2.75) is 38.5 Å². The highest BCUT2D eigenvalue weighted by Gasteiger charge is 2.28. The molecule has 14 heavy (non-hydrogen) atoms. The van der Waals surface area contributed by atoms with Gasteiger partial charge in [-0.05, 0) is 35.2 Å². The van der Waals surface area contributed by atoms with Gasteiger partial charge in [-0.2, -0.15) is 0 Å². The van der Waals surface area contributed by atoms with Crippen molar-refractivity contribution in [1.29, 1.82) is 0 Å². The Morgan fingerprint density at radius 1 is 1.57 bits per heavy atom. The van der Waals surface area contributed by atoms with E-state index in [-0.39, 0.29) is 5.56 Å². The van der Waals surface area contributed by atoms with Crippen molar-refractivity contribution in [3.63, 3.8) is 0 Å². The van der Waals surface area contributed by atoms with E-state index in [1.54, 1.807) is 0 Å². The number of nitrogens with zero attached hydrogens (tertiary/aromatic N) is 1. The summed E-state index contributed by atoms with van der Waals surface area (Å²) in [6.07, 6.45) is 4.19. The van der Waals surface area contributed by atoms with E-state index in [0.29, 0.717) is 10.4 Å². The highest BCUT2D eigenvalue weighted by molar-refractivity contribution is 9.10. The van der Waals surface area contributed by atoms with Crippen molar-refractivity contribution >= 4 is 15.9 Å². The molecular weight excluding hydrogens is 244 g/mol. The molecule has 4 heteroatoms. The van der Waals surface area contributed by atoms with Crippen LogP contribution in [0.4, 0.5) is 0 Å². The van der Waals surface area contributed by atoms with Gasteiger partial charge in [0.15, 0.2) is 0 Å². The van der Waals surface area contributed by atoms with Gasteiger partial charge in [-0.1, -0.05) is 6.92 Å². The van der Waals surface area contributed by atoms with E-state index < -0.39 is 0 Å². The number of rotatable bonds is 3. The smallest absolute Gasteiger partial charge is 0.265 e. The fraction of sp³-hybridized carbons (Fsp3) is 0.600. The van der Waals surface area contributed by atoms with Crippen LogP contribution in [0.5, 0.6) is 0 Å². The lowest BCUT2D eigenvalue weighted by Crippen LogP contribution is -2.15. The van der Waals surface area contributed by atoms with Gasteiger partial charge in [0.2, 0.25) is 0 Å². The summed E-state index contributed by atoms with van der Waals surface area (Å²) in [7, 11) is 0. The Hall–Kier alpha value is -0.640. The van der Waals surface area contributed by atoms with Crippen LogP contribution in [-0.2, 0) is 6.42 Å². The Balaban J connectivity index is 2.41. The lowest BCUT2D eigenvalue weighted by Gasteiger charge is -2.04. The molecule has 0 aromatic carbocycles. The maximum Gasteiger partial charge on any atom is 0.265 e. The van der Waals surface area contributed by atoms with E-state index in [0.717, 1.165) is 24.4 Å². The molecule has 1 aliphatic rings. The lowest BCUT2D eigenvalue weighted by atomic mass is 10.2. The number of aromatic amines is 1. The van der Waals surface area contributed by atoms with Gasteiger partial charge in [-0.15, -0.1) is 0 Å². The first kappa shape index (κ1) is 9.90. The van der Waals surface area contributed by atoms with Gasteiger partial charge in [-0.25, -0.2) is 4.98 Å². The number of nitrogens with one attached hydrogen (secondary N) is 1. The number of hydrogen-bond donors (Lipinski definition) is 1. The summed E-state index contributed by atoms with van der Waals surface area (Å²) in [6.45, 7) is 2.08. The van der Waals surface area contributed by atoms with Gasteiger partial charge in [0.25, 0.3) is 5.56 Å². The summed E-state index contributed by atoms with van der Waals surface area (Å²) in [5, 5.41) is 0. The van der Waals surface area contributed by atoms with E-state index in [9.17, 15) is 4.79 Å². The minimum Gasteiger partial charge on any atom is -0.310 e. The third kappa shape index (κ3) is 1.90. The molecule has 2 rings (SSSR count). The minimum absolute atomic E-state index is 0.0367. The first-order valence-electron chi connectivity index (χ1n) is 5.01. The number of aromatic nitrogens is 2. The average Bonchev–Trinajstić information content (AvgIpc) is 2.94. The van der Waals surface area contributed by atoms with Gasteiger partial charge in [0.1, 0.15) is 10.3 Å². The van der Waals surface area contributed by atoms with Crippen LogP contribution in [0.1, 0.15) is 43.6 Å². The normalized spacial score (nSPS) is 15.9. The van der Waals surface area contributed by atoms with Crippen LogP contribution >= 0.6 is 15.9 Å². The third-order valence-electron chi connectivity index (χ3n) is 2.39. The second kappa shape index (κ2) is 3.85. The zero-order valence-electron chi connectivity index (χ0n) is 8.14. The molecular formula is C10H13BrN2O. The van der Waals surface area contributed by atoms with E-state index >= 15 is 0 Å². The van der Waals surface area contributed by atoms with Crippen molar-refractivity contribution in [3.8, 4) is 0 Å². The van der Waals surface area contributed by atoms with Crippen molar-refractivity contribution in [2.24, 2.45) is 0 Å². The molecule has 0 bridgehead atoms. The van der Waals surface area contributed by atoms with Crippen molar-refractivity contribution in [2.75, 3.05) is 0 Å². The van der Waals surface area contributed by atoms with E-state index in [4.69, 9.17) is 0 Å². The highest BCUT2D eigenvalue weighted by atomic mass is 79.9. The van der Waals surface area contributed by atoms with E-state index in [2.05, 4.69) is 32.8 Å². The monoisotopic (exact) mass is 256 g/mol. The molecule has 1 fully saturated rings. The number of aryl methyl sites for hydroxylation is 1. The lowest BCUT2D eigenvalue weighted by molar-refractivity contribution is 0.796. The molecule has 3 nitrogen and oxygen atoms in total. The van der Waals surface area contributed by atoms with Crippen molar-refractivity contribution in [3.05, 3.63) is 26.3 Å². The quantitative estimate of drug-likeness (QED) is 0.903. The minimum atomic E-state index is -0.0367. The predicted octanol–water partition coefficient (Wildman–Crippen LogP) is 2.36. The molecule has 0 saturated heterocycles. The second-order valence-corrected chi connectivity index (χ2v) is 4.53. The number of halogens is 1. The van der Waals surface area contributed by atoms with Gasteiger partial charge in [0, 0.05) is 12.3 Å². The molecule has 1 aromatic heterocycles. The Kier molecular flexibility index (Phi) is 2.72. The molecule has 0 atom stereocenters. The van der Waals surface area contributed by atoms with Gasteiger partial charge < -0.3 is 4.98 Å². The summed E-state index contributed by atoms with van der Waals surface area (Å²) in [5.74, 6) is 1.34. The highest BCUT2D eigenvalue weighted by Crippen LogP contribution is 2.41. The molecule has 1 N–H and O–H groups in total. The van der Waals surface area contributed by atoms with Crippen LogP contribution in [0.15, 0.2) is 9.27 Å². The molecule has 1 heterocycles. The Bertz CT molecular complexity index is 396. The Morgan fingerprint density at radius 2 is 2.29 bits per heavy atom. The van der Waals surface area contributed by atoms with Crippen molar-refractivity contribution < 1.29 is 0 Å². The SMILES string of the molecule is CCCc1nc(C2CC2)c(Br)c(=O)[nH]1. The van der Waals surface area contributed by atoms with Gasteiger partial charge >= 0.3 is 0 Å². The molecule has 76 valence electrons. The van der Waals surface area contributed by atoms with Crippen LogP contribution < -0.4 is 5.56 Å². The molecule has 0 radical (unpaired) electrons. The largest absolute Gasteiger partial charge is 0.310 e. The van der Waals surface area contributed by atoms with Crippen molar-refractivity contribution in [1.82, 2.24) is 9.97 Å². The maximum atomic E-state index is 11.5. The third-order valence-corrected chi connectivity index (χ3v) is 3.15. The predicted molar refractivity (Wildman–Crippen MR) is 58.5 cm³/mol. The van der Waals surface area contributed by atoms with Crippen LogP contribution in [0.2, 0.25) is 0 Å². The first-order valence-corrected chi connectivity index (χ1v) is 5.80. The zero-order valence-corrected chi connectivity index (χ0v) is 9.73. The fourth-order valence-electron chi connectivity index (χ4n) is 1.51. The molecule has 0 unspecified atom stereocenters. The first-order chi connectivity index (χ1) is 6.72. The summed E-state index contributed by atoms with van der Waals surface area (Å²) < 4.78 is 0.625. The van der Waals surface area contributed by atoms with Crippen LogP contribution in [-0.4, -0.2) is 9.97 Å². The average molecular weight is 257 g/mol. The maximum absolute atomic E-state index is 11.5. The Morgan fingerprint density at radius 3 is 2.86 bits per heavy atom. The standard InChI is InChI=1S/C10H13BrN2O/c1-2-3-7-12-9(6-4-5-6)8(11)10(14)13-7/h6H,2-5H2,1H3,(H,12,13,14). The molecule has 1 aliphatic carbocycles. The summed E-state index contributed by atoms with van der Waals surface area (Å²) in [5.41, 5.74) is 0.919. The van der Waals surface area contributed by atoms with Gasteiger partial charge in [-0.3, -0.25) is 4.79 Å². The molecule has 1 saturated carbocycles. The zero-order chi connectivity index (χ0) is 10.1. The second-order valence-electron chi connectivity index (χ2n) is 3.74. The number of H-pyrrole nitrogens is 1. The van der Waals surface area contributed by atoms with Gasteiger partial charge in [0.05, 0.1) is 5.69 Å². The summed E-state index contributed by atoms with van der Waals surface area (Å²) in [6, 6.07) is 0. The van der Waals surface area contributed by atoms with Crippen LogP contribution in [0.3, 0.4) is 0 Å². The van der Waals surface area contributed by atoms with Crippen LogP contribution in [0.25, 0.3) is 0 Å². The van der Waals surface area contributed by atoms with Crippen LogP contribution in [0, 0.1) is 0 Å². The fourth-order valence-corrected chi connectivity index (χ4v) is 2.02. The molecule has 0 amide bonds. The van der Waals surface area contributed by atoms with E-state index in [1.165, 1.54) is 12.8 Å². The molecule has 0 aliphatic heterocycles. The summed E-state index contributed by atoms with van der Waals surface area (Å²) >= 11 is 3.30. The topological polar surface area (TPSA) is 45.8 Å². The Labute approximate surface area is 91.1 Å². The molecule has 1 aromatic rings. The summed E-state index contributed by atoms with van der Waals surface area (Å²) in [4.78, 5) is 18.8. The molecule has 0 spiro atoms. The van der Waals surface area contributed by atoms with E-state index in [1.807, 2.05) is 0 Å².